The van der Waals surface area contributed by atoms with E-state index in [2.05, 4.69) is 15.9 Å². The van der Waals surface area contributed by atoms with Crippen LogP contribution in [0.15, 0.2) is 71.9 Å². The number of carbonyl (C=O) groups excluding carboxylic acids is 2. The maximum atomic E-state index is 13.2. The summed E-state index contributed by atoms with van der Waals surface area (Å²) in [6.45, 7) is 0. The molecule has 0 saturated carbocycles. The summed E-state index contributed by atoms with van der Waals surface area (Å²) in [5.74, 6) is -0.859. The van der Waals surface area contributed by atoms with E-state index >= 15 is 0 Å². The van der Waals surface area contributed by atoms with Gasteiger partial charge in [0.05, 0.1) is 16.6 Å². The number of rotatable bonds is 5. The molecule has 2 heterocycles. The van der Waals surface area contributed by atoms with Gasteiger partial charge in [0.25, 0.3) is 0 Å². The molecule has 3 atom stereocenters. The number of esters is 1. The molecular formula is C21H20Br2N2O4S. The minimum absolute atomic E-state index is 0. The van der Waals surface area contributed by atoms with Gasteiger partial charge in [-0.3, -0.25) is 13.9 Å². The molecule has 2 aliphatic rings. The van der Waals surface area contributed by atoms with Gasteiger partial charge < -0.3 is 10.5 Å². The van der Waals surface area contributed by atoms with E-state index in [1.54, 1.807) is 0 Å². The molecular weight excluding hydrogens is 536 g/mol. The Morgan fingerprint density at radius 2 is 1.67 bits per heavy atom. The van der Waals surface area contributed by atoms with Crippen molar-refractivity contribution in [3.8, 4) is 0 Å². The van der Waals surface area contributed by atoms with Gasteiger partial charge in [0, 0.05) is 5.33 Å². The monoisotopic (exact) mass is 554 g/mol. The summed E-state index contributed by atoms with van der Waals surface area (Å²) in [6, 6.07) is 18.0. The molecule has 30 heavy (non-hydrogen) atoms. The van der Waals surface area contributed by atoms with E-state index in [0.29, 0.717) is 10.9 Å². The highest BCUT2D eigenvalue weighted by atomic mass is 79.9. The third-order valence-corrected chi connectivity index (χ3v) is 7.38. The molecule has 0 spiro atoms. The predicted molar refractivity (Wildman–Crippen MR) is 124 cm³/mol. The quantitative estimate of drug-likeness (QED) is 0.348. The third kappa shape index (κ3) is 4.03. The van der Waals surface area contributed by atoms with E-state index < -0.39 is 40.2 Å². The van der Waals surface area contributed by atoms with Crippen LogP contribution in [0.3, 0.4) is 0 Å². The lowest BCUT2D eigenvalue weighted by atomic mass is 10.0. The average molecular weight is 556 g/mol. The van der Waals surface area contributed by atoms with Gasteiger partial charge in [-0.15, -0.1) is 17.0 Å². The predicted octanol–water partition coefficient (Wildman–Crippen LogP) is 2.80. The fraction of sp³-hybridized carbons (Fsp3) is 0.238. The SMILES string of the molecule is Br.N[C@@H]1C(=O)N2C(C(=O)OC(c3ccccc3)c3ccccc3)=C(CBr)C[S@](=O)[C@H]12. The molecule has 0 aliphatic carbocycles. The molecule has 2 aliphatic heterocycles. The van der Waals surface area contributed by atoms with Gasteiger partial charge in [0.15, 0.2) is 6.10 Å². The van der Waals surface area contributed by atoms with Crippen molar-refractivity contribution in [2.24, 2.45) is 5.73 Å². The van der Waals surface area contributed by atoms with Gasteiger partial charge in [-0.1, -0.05) is 76.6 Å². The summed E-state index contributed by atoms with van der Waals surface area (Å²) in [7, 11) is -1.35. The first kappa shape index (κ1) is 22.9. The summed E-state index contributed by atoms with van der Waals surface area (Å²) in [4.78, 5) is 26.8. The highest BCUT2D eigenvalue weighted by Gasteiger charge is 2.55. The van der Waals surface area contributed by atoms with Crippen molar-refractivity contribution in [2.75, 3.05) is 11.1 Å². The average Bonchev–Trinajstić information content (AvgIpc) is 2.77. The Bertz CT molecular complexity index is 961. The number of β-lactam (4-membered cyclic amide) rings is 1. The van der Waals surface area contributed by atoms with Crippen molar-refractivity contribution in [3.63, 3.8) is 0 Å². The lowest BCUT2D eigenvalue weighted by Crippen LogP contribution is -2.72. The Labute approximate surface area is 195 Å². The lowest BCUT2D eigenvalue weighted by molar-refractivity contribution is -0.153. The minimum Gasteiger partial charge on any atom is -0.448 e. The summed E-state index contributed by atoms with van der Waals surface area (Å²) in [6.07, 6.45) is -0.634. The van der Waals surface area contributed by atoms with Crippen LogP contribution in [-0.2, 0) is 25.1 Å². The van der Waals surface area contributed by atoms with Crippen molar-refractivity contribution in [1.29, 1.82) is 0 Å². The molecule has 4 rings (SSSR count). The highest BCUT2D eigenvalue weighted by Crippen LogP contribution is 2.36. The number of hydrogen-bond donors (Lipinski definition) is 1. The summed E-state index contributed by atoms with van der Waals surface area (Å²) >= 11 is 3.34. The van der Waals surface area contributed by atoms with Gasteiger partial charge >= 0.3 is 5.97 Å². The Morgan fingerprint density at radius 3 is 2.17 bits per heavy atom. The van der Waals surface area contributed by atoms with Crippen LogP contribution in [-0.4, -0.2) is 43.5 Å². The molecule has 0 aromatic heterocycles. The second-order valence-electron chi connectivity index (χ2n) is 6.84. The number of amides is 1. The van der Waals surface area contributed by atoms with E-state index in [9.17, 15) is 13.8 Å². The number of ether oxygens (including phenoxy) is 1. The third-order valence-electron chi connectivity index (χ3n) is 5.03. The molecule has 0 bridgehead atoms. The van der Waals surface area contributed by atoms with Crippen molar-refractivity contribution < 1.29 is 18.5 Å². The topological polar surface area (TPSA) is 89.7 Å². The molecule has 0 radical (unpaired) electrons. The Morgan fingerprint density at radius 1 is 1.13 bits per heavy atom. The van der Waals surface area contributed by atoms with Crippen molar-refractivity contribution in [3.05, 3.63) is 83.1 Å². The highest BCUT2D eigenvalue weighted by molar-refractivity contribution is 9.09. The zero-order valence-electron chi connectivity index (χ0n) is 15.8. The number of carbonyl (C=O) groups is 2. The zero-order chi connectivity index (χ0) is 20.5. The number of nitrogens with zero attached hydrogens (tertiary/aromatic N) is 1. The van der Waals surface area contributed by atoms with Crippen molar-refractivity contribution in [2.45, 2.75) is 17.5 Å². The fourth-order valence-electron chi connectivity index (χ4n) is 3.59. The number of halogens is 2. The van der Waals surface area contributed by atoms with Gasteiger partial charge in [-0.05, 0) is 16.7 Å². The van der Waals surface area contributed by atoms with Crippen molar-refractivity contribution >= 4 is 55.6 Å². The maximum Gasteiger partial charge on any atom is 0.356 e. The van der Waals surface area contributed by atoms with Crippen molar-refractivity contribution in [1.82, 2.24) is 4.90 Å². The molecule has 2 aromatic carbocycles. The van der Waals surface area contributed by atoms with E-state index in [0.717, 1.165) is 11.1 Å². The standard InChI is InChI=1S/C21H19BrN2O4S.BrH/c22-11-15-12-29(27)20-16(23)19(25)24(20)17(15)21(26)28-18(13-7-3-1-4-8-13)14-9-5-2-6-10-14;/h1-10,16,18,20H,11-12,23H2;1H/t16-,20-,29+;/m1./s1. The minimum atomic E-state index is -1.35. The fourth-order valence-corrected chi connectivity index (χ4v) is 5.96. The van der Waals surface area contributed by atoms with Crippen LogP contribution in [0.1, 0.15) is 17.2 Å². The Kier molecular flexibility index (Phi) is 7.28. The van der Waals surface area contributed by atoms with Crippen LogP contribution in [0.2, 0.25) is 0 Å². The second-order valence-corrected chi connectivity index (χ2v) is 8.94. The summed E-state index contributed by atoms with van der Waals surface area (Å²) in [5.41, 5.74) is 8.18. The van der Waals surface area contributed by atoms with E-state index in [4.69, 9.17) is 10.5 Å². The molecule has 2 aromatic rings. The van der Waals surface area contributed by atoms with Gasteiger partial charge in [-0.2, -0.15) is 0 Å². The summed E-state index contributed by atoms with van der Waals surface area (Å²) < 4.78 is 18.4. The van der Waals surface area contributed by atoms with E-state index in [1.807, 2.05) is 60.7 Å². The van der Waals surface area contributed by atoms with Gasteiger partial charge in [-0.25, -0.2) is 4.79 Å². The Balaban J connectivity index is 0.00000256. The Hall–Kier alpha value is -1.81. The molecule has 1 fully saturated rings. The van der Waals surface area contributed by atoms with Gasteiger partial charge in [0.2, 0.25) is 5.91 Å². The van der Waals surface area contributed by atoms with E-state index in [-0.39, 0.29) is 28.4 Å². The first-order chi connectivity index (χ1) is 14.0. The number of nitrogens with two attached hydrogens (primary N) is 1. The van der Waals surface area contributed by atoms with Gasteiger partial charge in [0.1, 0.15) is 17.1 Å². The molecule has 158 valence electrons. The first-order valence-electron chi connectivity index (χ1n) is 9.07. The molecule has 1 saturated heterocycles. The molecule has 9 heteroatoms. The number of benzene rings is 2. The van der Waals surface area contributed by atoms with E-state index in [1.165, 1.54) is 4.90 Å². The van der Waals surface area contributed by atoms with Crippen LogP contribution in [0.4, 0.5) is 0 Å². The lowest BCUT2D eigenvalue weighted by Gasteiger charge is -2.47. The smallest absolute Gasteiger partial charge is 0.356 e. The molecule has 0 unspecified atom stereocenters. The second kappa shape index (κ2) is 9.55. The first-order valence-corrected chi connectivity index (χ1v) is 11.6. The van der Waals surface area contributed by atoms with Crippen LogP contribution >= 0.6 is 32.9 Å². The molecule has 1 amide bonds. The zero-order valence-corrected chi connectivity index (χ0v) is 19.9. The largest absolute Gasteiger partial charge is 0.448 e. The normalized spacial score (nSPS) is 22.8. The van der Waals surface area contributed by atoms with Crippen LogP contribution in [0.5, 0.6) is 0 Å². The maximum absolute atomic E-state index is 13.2. The van der Waals surface area contributed by atoms with Crippen LogP contribution in [0, 0.1) is 0 Å². The van der Waals surface area contributed by atoms with Crippen LogP contribution in [0.25, 0.3) is 0 Å². The number of hydrogen-bond acceptors (Lipinski definition) is 5. The molecule has 2 N–H and O–H groups in total. The number of fused-ring (bicyclic) bond motifs is 1. The summed E-state index contributed by atoms with van der Waals surface area (Å²) in [5, 5.41) is -0.365. The molecule has 6 nitrogen and oxygen atoms in total. The van der Waals surface area contributed by atoms with Crippen LogP contribution < -0.4 is 5.73 Å². The number of alkyl halides is 1.